The smallest absolute Gasteiger partial charge is 0.260 e. The second-order valence-corrected chi connectivity index (χ2v) is 5.67. The minimum absolute atomic E-state index is 0.0327. The van der Waals surface area contributed by atoms with Crippen molar-refractivity contribution in [2.45, 2.75) is 27.2 Å². The topological polar surface area (TPSA) is 89.2 Å². The molecule has 2 aromatic rings. The first kappa shape index (κ1) is 14.4. The summed E-state index contributed by atoms with van der Waals surface area (Å²) in [6.45, 7) is 5.39. The Morgan fingerprint density at radius 1 is 1.50 bits per heavy atom. The fourth-order valence-electron chi connectivity index (χ4n) is 2.69. The van der Waals surface area contributed by atoms with Gasteiger partial charge in [-0.2, -0.15) is 5.10 Å². The van der Waals surface area contributed by atoms with Crippen molar-refractivity contribution in [2.75, 3.05) is 10.6 Å². The molecule has 1 atom stereocenters. The number of aryl methyl sites for hydroxylation is 3. The predicted molar refractivity (Wildman–Crippen MR) is 80.8 cm³/mol. The van der Waals surface area contributed by atoms with Crippen LogP contribution in [-0.2, 0) is 18.3 Å². The molecule has 2 N–H and O–H groups in total. The lowest BCUT2D eigenvalue weighted by molar-refractivity contribution is -0.119. The number of nitrogens with one attached hydrogen (secondary N) is 2. The molecule has 7 heteroatoms. The molecule has 0 aromatic carbocycles. The number of furan rings is 1. The summed E-state index contributed by atoms with van der Waals surface area (Å²) in [5.74, 6) is 1.93. The van der Waals surface area contributed by atoms with Crippen LogP contribution in [0.15, 0.2) is 10.5 Å². The van der Waals surface area contributed by atoms with Crippen molar-refractivity contribution in [3.63, 3.8) is 0 Å². The van der Waals surface area contributed by atoms with Gasteiger partial charge in [-0.05, 0) is 26.3 Å². The van der Waals surface area contributed by atoms with Crippen molar-refractivity contribution in [3.05, 3.63) is 28.7 Å². The Morgan fingerprint density at radius 3 is 2.86 bits per heavy atom. The Labute approximate surface area is 127 Å². The van der Waals surface area contributed by atoms with Crippen molar-refractivity contribution in [3.8, 4) is 0 Å². The van der Waals surface area contributed by atoms with Crippen LogP contribution in [0.4, 0.5) is 11.6 Å². The fraction of sp³-hybridized carbons (Fsp3) is 0.400. The van der Waals surface area contributed by atoms with E-state index < -0.39 is 0 Å². The molecule has 2 amide bonds. The number of amides is 2. The van der Waals surface area contributed by atoms with E-state index >= 15 is 0 Å². The molecule has 1 unspecified atom stereocenters. The van der Waals surface area contributed by atoms with E-state index in [1.165, 1.54) is 0 Å². The van der Waals surface area contributed by atoms with Gasteiger partial charge in [0.25, 0.3) is 5.91 Å². The molecule has 0 spiro atoms. The summed E-state index contributed by atoms with van der Waals surface area (Å²) in [6, 6.07) is 1.70. The normalized spacial score (nSPS) is 17.1. The molecule has 1 aliphatic rings. The third kappa shape index (κ3) is 2.28. The van der Waals surface area contributed by atoms with Crippen LogP contribution in [-0.4, -0.2) is 21.6 Å². The second kappa shape index (κ2) is 5.01. The summed E-state index contributed by atoms with van der Waals surface area (Å²) in [7, 11) is 1.73. The zero-order valence-electron chi connectivity index (χ0n) is 13.0. The lowest BCUT2D eigenvalue weighted by atomic mass is 9.98. The van der Waals surface area contributed by atoms with Gasteiger partial charge in [-0.3, -0.25) is 14.3 Å². The molecule has 3 heterocycles. The molecule has 116 valence electrons. The van der Waals surface area contributed by atoms with Crippen molar-refractivity contribution in [1.29, 1.82) is 0 Å². The standard InChI is InChI=1S/C15H18N4O3/c1-7-5-11-12(18-19(4)13(11)17-14(7)20)16-15(21)10-6-8(2)22-9(10)3/h6-7H,5H2,1-4H3,(H,17,20)(H,16,18,21). The molecule has 22 heavy (non-hydrogen) atoms. The lowest BCUT2D eigenvalue weighted by Gasteiger charge is -2.19. The maximum Gasteiger partial charge on any atom is 0.260 e. The quantitative estimate of drug-likeness (QED) is 0.888. The van der Waals surface area contributed by atoms with E-state index in [9.17, 15) is 9.59 Å². The van der Waals surface area contributed by atoms with E-state index in [4.69, 9.17) is 4.42 Å². The number of rotatable bonds is 2. The molecule has 0 saturated heterocycles. The molecular weight excluding hydrogens is 284 g/mol. The largest absolute Gasteiger partial charge is 0.466 e. The third-order valence-corrected chi connectivity index (χ3v) is 3.86. The highest BCUT2D eigenvalue weighted by Crippen LogP contribution is 2.31. The van der Waals surface area contributed by atoms with Gasteiger partial charge in [0, 0.05) is 18.5 Å². The summed E-state index contributed by atoms with van der Waals surface area (Å²) in [5, 5.41) is 9.94. The number of anilines is 2. The Bertz CT molecular complexity index is 772. The summed E-state index contributed by atoms with van der Waals surface area (Å²) >= 11 is 0. The van der Waals surface area contributed by atoms with Gasteiger partial charge in [-0.15, -0.1) is 0 Å². The minimum atomic E-state index is -0.264. The first-order valence-electron chi connectivity index (χ1n) is 7.12. The van der Waals surface area contributed by atoms with Crippen LogP contribution in [0.3, 0.4) is 0 Å². The van der Waals surface area contributed by atoms with Gasteiger partial charge < -0.3 is 15.1 Å². The number of nitrogens with zero attached hydrogens (tertiary/aromatic N) is 2. The number of carbonyl (C=O) groups excluding carboxylic acids is 2. The monoisotopic (exact) mass is 302 g/mol. The van der Waals surface area contributed by atoms with E-state index in [-0.39, 0.29) is 17.7 Å². The number of fused-ring (bicyclic) bond motifs is 1. The molecule has 1 aliphatic heterocycles. The summed E-state index contributed by atoms with van der Waals surface area (Å²) in [4.78, 5) is 24.1. The SMILES string of the molecule is Cc1cc(C(=O)Nc2nn(C)c3c2CC(C)C(=O)N3)c(C)o1. The van der Waals surface area contributed by atoms with Crippen molar-refractivity contribution in [2.24, 2.45) is 13.0 Å². The van der Waals surface area contributed by atoms with E-state index in [0.29, 0.717) is 35.1 Å². The first-order valence-corrected chi connectivity index (χ1v) is 7.12. The zero-order chi connectivity index (χ0) is 16.0. The molecular formula is C15H18N4O3. The highest BCUT2D eigenvalue weighted by Gasteiger charge is 2.29. The second-order valence-electron chi connectivity index (χ2n) is 5.67. The van der Waals surface area contributed by atoms with Gasteiger partial charge in [0.05, 0.1) is 5.56 Å². The van der Waals surface area contributed by atoms with E-state index in [1.807, 2.05) is 6.92 Å². The first-order chi connectivity index (χ1) is 10.4. The van der Waals surface area contributed by atoms with Crippen molar-refractivity contribution in [1.82, 2.24) is 9.78 Å². The summed E-state index contributed by atoms with van der Waals surface area (Å²) in [6.07, 6.45) is 0.550. The molecule has 2 aromatic heterocycles. The Morgan fingerprint density at radius 2 is 2.23 bits per heavy atom. The lowest BCUT2D eigenvalue weighted by Crippen LogP contribution is -2.28. The Kier molecular flexibility index (Phi) is 3.27. The fourth-order valence-corrected chi connectivity index (χ4v) is 2.69. The maximum absolute atomic E-state index is 12.4. The van der Waals surface area contributed by atoms with E-state index in [1.54, 1.807) is 31.6 Å². The van der Waals surface area contributed by atoms with E-state index in [2.05, 4.69) is 15.7 Å². The Balaban J connectivity index is 1.91. The van der Waals surface area contributed by atoms with Crippen LogP contribution in [0, 0.1) is 19.8 Å². The Hall–Kier alpha value is -2.57. The van der Waals surface area contributed by atoms with Crippen LogP contribution in [0.25, 0.3) is 0 Å². The molecule has 0 fully saturated rings. The van der Waals surface area contributed by atoms with Crippen LogP contribution < -0.4 is 10.6 Å². The highest BCUT2D eigenvalue weighted by atomic mass is 16.3. The van der Waals surface area contributed by atoms with Crippen molar-refractivity contribution >= 4 is 23.5 Å². The maximum atomic E-state index is 12.4. The average molecular weight is 302 g/mol. The molecule has 0 aliphatic carbocycles. The van der Waals surface area contributed by atoms with Crippen molar-refractivity contribution < 1.29 is 14.0 Å². The van der Waals surface area contributed by atoms with Gasteiger partial charge in [0.15, 0.2) is 5.82 Å². The van der Waals surface area contributed by atoms with Crippen LogP contribution in [0.1, 0.15) is 34.4 Å². The van der Waals surface area contributed by atoms with Gasteiger partial charge in [0.2, 0.25) is 5.91 Å². The number of aromatic nitrogens is 2. The zero-order valence-corrected chi connectivity index (χ0v) is 13.0. The summed E-state index contributed by atoms with van der Waals surface area (Å²) < 4.78 is 6.95. The third-order valence-electron chi connectivity index (χ3n) is 3.86. The molecule has 3 rings (SSSR count). The van der Waals surface area contributed by atoms with Gasteiger partial charge >= 0.3 is 0 Å². The van der Waals surface area contributed by atoms with E-state index in [0.717, 1.165) is 5.56 Å². The molecule has 0 saturated carbocycles. The van der Waals surface area contributed by atoms with Crippen LogP contribution in [0.2, 0.25) is 0 Å². The minimum Gasteiger partial charge on any atom is -0.466 e. The molecule has 7 nitrogen and oxygen atoms in total. The predicted octanol–water partition coefficient (Wildman–Crippen LogP) is 2.01. The van der Waals surface area contributed by atoms with Crippen LogP contribution >= 0.6 is 0 Å². The van der Waals surface area contributed by atoms with Gasteiger partial charge in [-0.1, -0.05) is 6.92 Å². The number of hydrogen-bond donors (Lipinski definition) is 2. The highest BCUT2D eigenvalue weighted by molar-refractivity contribution is 6.06. The number of carbonyl (C=O) groups is 2. The van der Waals surface area contributed by atoms with Gasteiger partial charge in [0.1, 0.15) is 17.3 Å². The molecule has 0 radical (unpaired) electrons. The summed E-state index contributed by atoms with van der Waals surface area (Å²) in [5.41, 5.74) is 1.34. The van der Waals surface area contributed by atoms with Crippen LogP contribution in [0.5, 0.6) is 0 Å². The van der Waals surface area contributed by atoms with Gasteiger partial charge in [-0.25, -0.2) is 0 Å². The number of hydrogen-bond acceptors (Lipinski definition) is 4. The molecule has 0 bridgehead atoms. The average Bonchev–Trinajstić information content (AvgIpc) is 2.92.